The monoisotopic (exact) mass is 244 g/mol. The van der Waals surface area contributed by atoms with Crippen LogP contribution in [-0.2, 0) is 7.05 Å². The molecule has 0 saturated heterocycles. The molecule has 0 radical (unpaired) electrons. The molecule has 2 aromatic rings. The lowest BCUT2D eigenvalue weighted by atomic mass is 10.9. The van der Waals surface area contributed by atoms with E-state index in [0.717, 1.165) is 23.1 Å². The summed E-state index contributed by atoms with van der Waals surface area (Å²) in [6.07, 6.45) is 1.21. The summed E-state index contributed by atoms with van der Waals surface area (Å²) in [5, 5.41) is 22.1. The highest BCUT2D eigenvalue weighted by Gasteiger charge is 2.14. The molecule has 0 unspecified atom stereocenters. The highest BCUT2D eigenvalue weighted by Crippen LogP contribution is 2.31. The van der Waals surface area contributed by atoms with Gasteiger partial charge in [0, 0.05) is 0 Å². The van der Waals surface area contributed by atoms with Gasteiger partial charge in [0.25, 0.3) is 0 Å². The van der Waals surface area contributed by atoms with Crippen LogP contribution in [0.3, 0.4) is 0 Å². The molecule has 0 spiro atoms. The van der Waals surface area contributed by atoms with Gasteiger partial charge in [-0.2, -0.15) is 4.80 Å². The predicted octanol–water partition coefficient (Wildman–Crippen LogP) is 0.726. The van der Waals surface area contributed by atoms with Crippen molar-refractivity contribution < 1.29 is 4.92 Å². The third-order valence-corrected chi connectivity index (χ3v) is 3.19. The third-order valence-electron chi connectivity index (χ3n) is 1.32. The fraction of sp³-hybridized carbons (Fsp3) is 0.200. The fourth-order valence-electron chi connectivity index (χ4n) is 0.767. The molecule has 10 heteroatoms. The molecule has 0 fully saturated rings. The van der Waals surface area contributed by atoms with E-state index in [1.165, 1.54) is 11.0 Å². The van der Waals surface area contributed by atoms with Gasteiger partial charge in [-0.3, -0.25) is 10.1 Å². The largest absolute Gasteiger partial charge is 0.344 e. The van der Waals surface area contributed by atoms with Gasteiger partial charge in [0.2, 0.25) is 5.16 Å². The van der Waals surface area contributed by atoms with Crippen LogP contribution in [0.1, 0.15) is 0 Å². The van der Waals surface area contributed by atoms with Crippen LogP contribution < -0.4 is 0 Å². The van der Waals surface area contributed by atoms with Crippen molar-refractivity contribution in [3.63, 3.8) is 0 Å². The lowest BCUT2D eigenvalue weighted by Crippen LogP contribution is -1.91. The molecule has 2 heterocycles. The molecule has 0 atom stereocenters. The Balaban J connectivity index is 2.14. The molecule has 0 aliphatic heterocycles. The Bertz CT molecular complexity index is 493. The van der Waals surface area contributed by atoms with E-state index < -0.39 is 4.92 Å². The van der Waals surface area contributed by atoms with Gasteiger partial charge < -0.3 is 0 Å². The molecular weight excluding hydrogens is 240 g/mol. The zero-order valence-electron chi connectivity index (χ0n) is 7.39. The minimum Gasteiger partial charge on any atom is -0.257 e. The van der Waals surface area contributed by atoms with Crippen molar-refractivity contribution in [3.8, 4) is 0 Å². The highest BCUT2D eigenvalue weighted by atomic mass is 32.2. The van der Waals surface area contributed by atoms with Crippen molar-refractivity contribution in [2.24, 2.45) is 7.05 Å². The van der Waals surface area contributed by atoms with Crippen LogP contribution >= 0.6 is 23.1 Å². The Morgan fingerprint density at radius 3 is 3.00 bits per heavy atom. The molecule has 78 valence electrons. The van der Waals surface area contributed by atoms with Crippen LogP contribution in [0.25, 0.3) is 0 Å². The van der Waals surface area contributed by atoms with E-state index in [-0.39, 0.29) is 5.00 Å². The first-order valence-electron chi connectivity index (χ1n) is 3.67. The van der Waals surface area contributed by atoms with Gasteiger partial charge in [0.05, 0.1) is 12.0 Å². The van der Waals surface area contributed by atoms with Crippen molar-refractivity contribution in [3.05, 3.63) is 16.3 Å². The summed E-state index contributed by atoms with van der Waals surface area (Å²) >= 11 is 2.12. The highest BCUT2D eigenvalue weighted by molar-refractivity contribution is 8.00. The summed E-state index contributed by atoms with van der Waals surface area (Å²) in [5.41, 5.74) is 0. The Kier molecular flexibility index (Phi) is 2.60. The van der Waals surface area contributed by atoms with Gasteiger partial charge >= 0.3 is 5.00 Å². The normalized spacial score (nSPS) is 10.5. The molecule has 2 aromatic heterocycles. The summed E-state index contributed by atoms with van der Waals surface area (Å²) in [4.78, 5) is 15.1. The number of tetrazole rings is 1. The Hall–Kier alpha value is -1.55. The fourth-order valence-corrected chi connectivity index (χ4v) is 2.38. The minimum absolute atomic E-state index is 0.00129. The Morgan fingerprint density at radius 1 is 1.67 bits per heavy atom. The van der Waals surface area contributed by atoms with E-state index in [1.807, 2.05) is 0 Å². The van der Waals surface area contributed by atoms with Crippen molar-refractivity contribution in [1.29, 1.82) is 0 Å². The molecule has 2 rings (SSSR count). The zero-order chi connectivity index (χ0) is 10.8. The van der Waals surface area contributed by atoms with Gasteiger partial charge in [-0.15, -0.1) is 10.2 Å². The van der Waals surface area contributed by atoms with Gasteiger partial charge in [-0.05, 0) is 28.3 Å². The minimum atomic E-state index is -0.480. The lowest BCUT2D eigenvalue weighted by molar-refractivity contribution is -0.380. The van der Waals surface area contributed by atoms with Gasteiger partial charge in [0.15, 0.2) is 4.34 Å². The average molecular weight is 244 g/mol. The maximum absolute atomic E-state index is 10.4. The number of hydrogen-bond donors (Lipinski definition) is 0. The van der Waals surface area contributed by atoms with Crippen molar-refractivity contribution in [2.45, 2.75) is 9.50 Å². The van der Waals surface area contributed by atoms with Crippen molar-refractivity contribution in [1.82, 2.24) is 25.2 Å². The van der Waals surface area contributed by atoms with Gasteiger partial charge in [-0.25, -0.2) is 4.98 Å². The molecule has 0 N–H and O–H groups in total. The lowest BCUT2D eigenvalue weighted by Gasteiger charge is -1.85. The van der Waals surface area contributed by atoms with Crippen LogP contribution in [0.5, 0.6) is 0 Å². The second-order valence-corrected chi connectivity index (χ2v) is 4.61. The average Bonchev–Trinajstić information content (AvgIpc) is 2.76. The second kappa shape index (κ2) is 3.90. The zero-order valence-corrected chi connectivity index (χ0v) is 9.03. The molecule has 0 saturated carbocycles. The molecule has 0 bridgehead atoms. The second-order valence-electron chi connectivity index (χ2n) is 2.39. The molecule has 0 aromatic carbocycles. The Morgan fingerprint density at radius 2 is 2.47 bits per heavy atom. The first-order valence-corrected chi connectivity index (χ1v) is 5.30. The topological polar surface area (TPSA) is 99.6 Å². The number of aryl methyl sites for hydroxylation is 1. The Labute approximate surface area is 91.5 Å². The molecule has 0 aliphatic rings. The van der Waals surface area contributed by atoms with Crippen LogP contribution in [0.15, 0.2) is 15.7 Å². The maximum atomic E-state index is 10.4. The number of thiazole rings is 1. The molecule has 0 amide bonds. The number of nitrogens with zero attached hydrogens (tertiary/aromatic N) is 6. The summed E-state index contributed by atoms with van der Waals surface area (Å²) in [7, 11) is 1.64. The third kappa shape index (κ3) is 2.27. The molecular formula is C5H4N6O2S2. The summed E-state index contributed by atoms with van der Waals surface area (Å²) < 4.78 is 0.523. The van der Waals surface area contributed by atoms with E-state index >= 15 is 0 Å². The summed E-state index contributed by atoms with van der Waals surface area (Å²) in [6.45, 7) is 0. The first-order chi connectivity index (χ1) is 7.15. The summed E-state index contributed by atoms with van der Waals surface area (Å²) in [6, 6.07) is 0. The van der Waals surface area contributed by atoms with E-state index in [9.17, 15) is 10.1 Å². The van der Waals surface area contributed by atoms with E-state index in [4.69, 9.17) is 0 Å². The summed E-state index contributed by atoms with van der Waals surface area (Å²) in [5.74, 6) is 0. The quantitative estimate of drug-likeness (QED) is 0.579. The SMILES string of the molecule is Cn1nnc(Sc2ncc([N+](=O)[O-])s2)n1. The van der Waals surface area contributed by atoms with E-state index in [1.54, 1.807) is 7.05 Å². The van der Waals surface area contributed by atoms with Gasteiger partial charge in [0.1, 0.15) is 6.20 Å². The smallest absolute Gasteiger partial charge is 0.257 e. The number of aromatic nitrogens is 5. The van der Waals surface area contributed by atoms with Crippen LogP contribution in [0.2, 0.25) is 0 Å². The molecule has 8 nitrogen and oxygen atoms in total. The standard InChI is InChI=1S/C5H4N6O2S2/c1-10-8-4(7-9-10)15-5-6-2-3(14-5)11(12)13/h2H,1H3. The van der Waals surface area contributed by atoms with Crippen LogP contribution in [-0.4, -0.2) is 30.1 Å². The first kappa shape index (κ1) is 9.98. The molecule has 15 heavy (non-hydrogen) atoms. The maximum Gasteiger partial charge on any atom is 0.344 e. The van der Waals surface area contributed by atoms with Crippen molar-refractivity contribution >= 4 is 28.1 Å². The molecule has 0 aliphatic carbocycles. The predicted molar refractivity (Wildman–Crippen MR) is 51.7 cm³/mol. The number of nitro groups is 1. The van der Waals surface area contributed by atoms with Gasteiger partial charge in [-0.1, -0.05) is 0 Å². The van der Waals surface area contributed by atoms with Crippen LogP contribution in [0, 0.1) is 10.1 Å². The number of hydrogen-bond acceptors (Lipinski definition) is 8. The van der Waals surface area contributed by atoms with Crippen LogP contribution in [0.4, 0.5) is 5.00 Å². The van der Waals surface area contributed by atoms with Crippen molar-refractivity contribution in [2.75, 3.05) is 0 Å². The van der Waals surface area contributed by atoms with E-state index in [0.29, 0.717) is 9.50 Å². The van der Waals surface area contributed by atoms with E-state index in [2.05, 4.69) is 20.4 Å². The number of rotatable bonds is 3.